The van der Waals surface area contributed by atoms with Gasteiger partial charge in [-0.15, -0.1) is 0 Å². The molecule has 56 valence electrons. The van der Waals surface area contributed by atoms with Crippen LogP contribution in [0.4, 0.5) is 0 Å². The van der Waals surface area contributed by atoms with E-state index >= 15 is 0 Å². The largest absolute Gasteiger partial charge is 0.214 e. The molecule has 1 rings (SSSR count). The van der Waals surface area contributed by atoms with Crippen molar-refractivity contribution < 1.29 is 17.1 Å². The molecule has 4 radical (unpaired) electrons. The molecule has 0 fully saturated rings. The third kappa shape index (κ3) is 13.1. The van der Waals surface area contributed by atoms with Gasteiger partial charge in [-0.05, 0) is 0 Å². The van der Waals surface area contributed by atoms with Crippen molar-refractivity contribution in [1.29, 1.82) is 0 Å². The SMILES string of the molecule is [B][B][B]CC.[Fe].c1cc[cH-]c1. The van der Waals surface area contributed by atoms with Gasteiger partial charge in [0.25, 0.3) is 0 Å². The molecule has 0 heterocycles. The van der Waals surface area contributed by atoms with Gasteiger partial charge in [-0.3, -0.25) is 0 Å². The maximum Gasteiger partial charge on any atom is 0.0541 e. The smallest absolute Gasteiger partial charge is 0.0541 e. The Morgan fingerprint density at radius 3 is 2.00 bits per heavy atom. The molecule has 0 aliphatic rings. The van der Waals surface area contributed by atoms with Crippen molar-refractivity contribution in [3.8, 4) is 0 Å². The van der Waals surface area contributed by atoms with Crippen molar-refractivity contribution in [2.24, 2.45) is 0 Å². The average Bonchev–Trinajstić information content (AvgIpc) is 2.44. The molecule has 0 spiro atoms. The summed E-state index contributed by atoms with van der Waals surface area (Å²) in [6.07, 6.45) is 1.04. The summed E-state index contributed by atoms with van der Waals surface area (Å²) >= 11 is 0. The van der Waals surface area contributed by atoms with Crippen LogP contribution in [0.5, 0.6) is 0 Å². The summed E-state index contributed by atoms with van der Waals surface area (Å²) in [6, 6.07) is 10.0. The second kappa shape index (κ2) is 12.7. The van der Waals surface area contributed by atoms with Gasteiger partial charge >= 0.3 is 0 Å². The Hall–Kier alpha value is 0.0643. The molecule has 0 bridgehead atoms. The summed E-state index contributed by atoms with van der Waals surface area (Å²) in [5.74, 6) is 0. The molecule has 0 aliphatic heterocycles. The molecule has 0 aliphatic carbocycles. The predicted octanol–water partition coefficient (Wildman–Crippen LogP) is 1.23. The molecule has 0 atom stereocenters. The van der Waals surface area contributed by atoms with Crippen LogP contribution in [0.1, 0.15) is 6.92 Å². The molecule has 0 amide bonds. The standard InChI is InChI=1S/C5H5.C2H5B3.Fe/c1-2-4-5-3-1;1-2-4-5-3;/h1-5H;2H2,1H3;/q-1;;. The molecule has 0 saturated carbocycles. The summed E-state index contributed by atoms with van der Waals surface area (Å²) in [7, 11) is 8.42. The molecule has 0 aromatic heterocycles. The molecule has 11 heavy (non-hydrogen) atoms. The summed E-state index contributed by atoms with van der Waals surface area (Å²) in [5, 5.41) is 0. The van der Waals surface area contributed by atoms with Crippen LogP contribution in [0, 0.1) is 0 Å². The van der Waals surface area contributed by atoms with Crippen molar-refractivity contribution in [3.05, 3.63) is 30.3 Å². The van der Waals surface area contributed by atoms with Crippen molar-refractivity contribution >= 4 is 22.0 Å². The van der Waals surface area contributed by atoms with E-state index in [-0.39, 0.29) is 17.1 Å². The molecule has 0 nitrogen and oxygen atoms in total. The topological polar surface area (TPSA) is 0 Å². The van der Waals surface area contributed by atoms with E-state index in [9.17, 15) is 0 Å². The maximum absolute atomic E-state index is 4.96. The van der Waals surface area contributed by atoms with E-state index in [1.807, 2.05) is 44.4 Å². The van der Waals surface area contributed by atoms with Gasteiger partial charge in [0.15, 0.2) is 0 Å². The third-order valence-corrected chi connectivity index (χ3v) is 0.927. The van der Waals surface area contributed by atoms with E-state index in [0.29, 0.717) is 0 Å². The maximum atomic E-state index is 4.96. The van der Waals surface area contributed by atoms with Gasteiger partial charge in [0.05, 0.1) is 7.17 Å². The Balaban J connectivity index is 0. The summed E-state index contributed by atoms with van der Waals surface area (Å²) in [6.45, 7) is 2.04. The van der Waals surface area contributed by atoms with Gasteiger partial charge in [0, 0.05) is 31.9 Å². The van der Waals surface area contributed by atoms with Crippen LogP contribution in [0.2, 0.25) is 6.32 Å². The summed E-state index contributed by atoms with van der Waals surface area (Å²) in [5.41, 5.74) is 0. The first-order valence-corrected chi connectivity index (χ1v) is 3.45. The van der Waals surface area contributed by atoms with Crippen LogP contribution in [0.25, 0.3) is 0 Å². The van der Waals surface area contributed by atoms with Gasteiger partial charge in [-0.25, -0.2) is 12.1 Å². The third-order valence-electron chi connectivity index (χ3n) is 0.927. The van der Waals surface area contributed by atoms with Crippen LogP contribution < -0.4 is 0 Å². The summed E-state index contributed by atoms with van der Waals surface area (Å²) in [4.78, 5) is 0. The minimum atomic E-state index is 0. The monoisotopic (exact) mass is 183 g/mol. The first kappa shape index (κ1) is 13.6. The van der Waals surface area contributed by atoms with Crippen molar-refractivity contribution in [2.45, 2.75) is 13.2 Å². The van der Waals surface area contributed by atoms with Crippen LogP contribution in [0.3, 0.4) is 0 Å². The molecule has 1 aromatic carbocycles. The van der Waals surface area contributed by atoms with Gasteiger partial charge in [-0.1, -0.05) is 13.2 Å². The number of hydrogen-bond donors (Lipinski definition) is 0. The second-order valence-corrected chi connectivity index (χ2v) is 1.80. The predicted molar refractivity (Wildman–Crippen MR) is 49.8 cm³/mol. The Morgan fingerprint density at radius 1 is 1.36 bits per heavy atom. The van der Waals surface area contributed by atoms with Crippen LogP contribution in [0.15, 0.2) is 30.3 Å². The van der Waals surface area contributed by atoms with Gasteiger partial charge in [0.2, 0.25) is 0 Å². The fraction of sp³-hybridized carbons (Fsp3) is 0.286. The Bertz CT molecular complexity index is 100. The first-order chi connectivity index (χ1) is 4.91. The minimum Gasteiger partial charge on any atom is -0.214 e. The zero-order valence-electron chi connectivity index (χ0n) is 6.68. The molecule has 1 aromatic rings. The Morgan fingerprint density at radius 2 is 1.91 bits per heavy atom. The fourth-order valence-electron chi connectivity index (χ4n) is 0.457. The van der Waals surface area contributed by atoms with E-state index in [1.165, 1.54) is 0 Å². The Kier molecular flexibility index (Phi) is 15.8. The van der Waals surface area contributed by atoms with Crippen LogP contribution >= 0.6 is 0 Å². The fourth-order valence-corrected chi connectivity index (χ4v) is 0.457. The molecule has 0 N–H and O–H groups in total. The first-order valence-electron chi connectivity index (χ1n) is 3.45. The van der Waals surface area contributed by atoms with Crippen molar-refractivity contribution in [3.63, 3.8) is 0 Å². The minimum absolute atomic E-state index is 0. The van der Waals surface area contributed by atoms with Crippen LogP contribution in [-0.2, 0) is 17.1 Å². The number of hydrogen-bond acceptors (Lipinski definition) is 0. The van der Waals surface area contributed by atoms with Gasteiger partial charge in [-0.2, -0.15) is 18.2 Å². The van der Waals surface area contributed by atoms with E-state index < -0.39 is 0 Å². The molecular formula is C7H10B3Fe-. The molecule has 0 saturated heterocycles. The molecule has 4 heteroatoms. The molecular weight excluding hydrogens is 172 g/mol. The van der Waals surface area contributed by atoms with Crippen molar-refractivity contribution in [1.82, 2.24) is 0 Å². The molecule has 0 unspecified atom stereocenters. The average molecular weight is 182 g/mol. The van der Waals surface area contributed by atoms with E-state index in [2.05, 4.69) is 0 Å². The zero-order chi connectivity index (χ0) is 7.66. The number of rotatable bonds is 2. The van der Waals surface area contributed by atoms with E-state index in [0.717, 1.165) is 6.32 Å². The van der Waals surface area contributed by atoms with Gasteiger partial charge in [0.1, 0.15) is 0 Å². The normalized spacial score (nSPS) is 6.64. The zero-order valence-corrected chi connectivity index (χ0v) is 7.78. The van der Waals surface area contributed by atoms with Gasteiger partial charge < -0.3 is 0 Å². The second-order valence-electron chi connectivity index (χ2n) is 1.80. The van der Waals surface area contributed by atoms with E-state index in [1.54, 1.807) is 7.06 Å². The Labute approximate surface area is 82.8 Å². The quantitative estimate of drug-likeness (QED) is 0.477. The summed E-state index contributed by atoms with van der Waals surface area (Å²) < 4.78 is 0. The van der Waals surface area contributed by atoms with Crippen molar-refractivity contribution in [2.75, 3.05) is 0 Å². The van der Waals surface area contributed by atoms with Crippen LogP contribution in [-0.4, -0.2) is 22.0 Å². The van der Waals surface area contributed by atoms with E-state index in [4.69, 9.17) is 7.74 Å².